The zero-order chi connectivity index (χ0) is 18.5. The maximum absolute atomic E-state index is 11.8. The minimum absolute atomic E-state index is 0.261. The first-order valence-corrected chi connectivity index (χ1v) is 9.06. The van der Waals surface area contributed by atoms with Crippen molar-refractivity contribution in [2.45, 2.75) is 19.8 Å². The number of piperidine rings is 1. The van der Waals surface area contributed by atoms with Crippen LogP contribution < -0.4 is 9.80 Å². The van der Waals surface area contributed by atoms with Crippen LogP contribution in [0.15, 0.2) is 12.3 Å². The highest BCUT2D eigenvalue weighted by molar-refractivity contribution is 5.70. The third-order valence-corrected chi connectivity index (χ3v) is 4.88. The lowest BCUT2D eigenvalue weighted by Gasteiger charge is -2.35. The molecule has 0 spiro atoms. The molecule has 3 rings (SSSR count). The molecule has 1 N–H and O–H groups in total. The van der Waals surface area contributed by atoms with E-state index in [0.717, 1.165) is 5.82 Å². The number of carbonyl (C=O) groups is 2. The molecule has 1 aromatic rings. The lowest BCUT2D eigenvalue weighted by atomic mass is 9.97. The Labute approximate surface area is 152 Å². The smallest absolute Gasteiger partial charge is 0.409 e. The van der Waals surface area contributed by atoms with E-state index in [1.165, 1.54) is 0 Å². The lowest BCUT2D eigenvalue weighted by Crippen LogP contribution is -2.49. The summed E-state index contributed by atoms with van der Waals surface area (Å²) in [6.45, 7) is 6.02. The monoisotopic (exact) mass is 363 g/mol. The molecular formula is C17H25N5O4. The Kier molecular flexibility index (Phi) is 5.75. The summed E-state index contributed by atoms with van der Waals surface area (Å²) in [7, 11) is 0. The highest BCUT2D eigenvalue weighted by Gasteiger charge is 2.27. The topological polar surface area (TPSA) is 99.1 Å². The molecule has 0 unspecified atom stereocenters. The van der Waals surface area contributed by atoms with Gasteiger partial charge in [-0.1, -0.05) is 0 Å². The first-order valence-electron chi connectivity index (χ1n) is 9.06. The largest absolute Gasteiger partial charge is 0.481 e. The van der Waals surface area contributed by atoms with E-state index in [1.807, 2.05) is 6.07 Å². The Balaban J connectivity index is 1.58. The van der Waals surface area contributed by atoms with Crippen LogP contribution in [0.25, 0.3) is 0 Å². The second-order valence-electron chi connectivity index (χ2n) is 6.49. The molecule has 9 heteroatoms. The first kappa shape index (κ1) is 18.2. The van der Waals surface area contributed by atoms with Crippen LogP contribution in [0.3, 0.4) is 0 Å². The summed E-state index contributed by atoms with van der Waals surface area (Å²) in [5.41, 5.74) is 0. The molecule has 2 fully saturated rings. The minimum atomic E-state index is -0.715. The average molecular weight is 363 g/mol. The van der Waals surface area contributed by atoms with Gasteiger partial charge in [0.2, 0.25) is 5.95 Å². The van der Waals surface area contributed by atoms with Crippen LogP contribution in [0.5, 0.6) is 0 Å². The van der Waals surface area contributed by atoms with E-state index in [9.17, 15) is 9.59 Å². The summed E-state index contributed by atoms with van der Waals surface area (Å²) in [5.74, 6) is 0.494. The van der Waals surface area contributed by atoms with Crippen LogP contribution in [0, 0.1) is 5.92 Å². The summed E-state index contributed by atoms with van der Waals surface area (Å²) < 4.78 is 5.03. The van der Waals surface area contributed by atoms with Crippen molar-refractivity contribution in [3.63, 3.8) is 0 Å². The Hall–Kier alpha value is -2.58. The second kappa shape index (κ2) is 8.20. The van der Waals surface area contributed by atoms with E-state index in [0.29, 0.717) is 64.7 Å². The number of nitrogens with zero attached hydrogens (tertiary/aromatic N) is 5. The van der Waals surface area contributed by atoms with E-state index in [1.54, 1.807) is 18.0 Å². The molecule has 9 nitrogen and oxygen atoms in total. The van der Waals surface area contributed by atoms with Gasteiger partial charge in [0, 0.05) is 45.5 Å². The number of carboxylic acids is 1. The molecule has 2 aliphatic rings. The molecule has 1 aromatic heterocycles. The van der Waals surface area contributed by atoms with Crippen molar-refractivity contribution < 1.29 is 19.4 Å². The summed E-state index contributed by atoms with van der Waals surface area (Å²) >= 11 is 0. The van der Waals surface area contributed by atoms with Gasteiger partial charge in [0.05, 0.1) is 12.5 Å². The van der Waals surface area contributed by atoms with Gasteiger partial charge in [-0.25, -0.2) is 9.78 Å². The Morgan fingerprint density at radius 3 is 2.46 bits per heavy atom. The molecule has 0 aromatic carbocycles. The summed E-state index contributed by atoms with van der Waals surface area (Å²) in [6, 6.07) is 1.86. The molecule has 3 heterocycles. The van der Waals surface area contributed by atoms with Crippen LogP contribution >= 0.6 is 0 Å². The molecule has 26 heavy (non-hydrogen) atoms. The molecule has 0 saturated carbocycles. The molecule has 0 aliphatic carbocycles. The number of ether oxygens (including phenoxy) is 1. The van der Waals surface area contributed by atoms with Crippen LogP contribution in [0.1, 0.15) is 19.8 Å². The third kappa shape index (κ3) is 4.14. The molecule has 0 bridgehead atoms. The second-order valence-corrected chi connectivity index (χ2v) is 6.49. The van der Waals surface area contributed by atoms with Crippen molar-refractivity contribution in [2.75, 3.05) is 55.7 Å². The highest BCUT2D eigenvalue weighted by Crippen LogP contribution is 2.23. The number of anilines is 2. The summed E-state index contributed by atoms with van der Waals surface area (Å²) in [5, 5.41) is 9.12. The number of carboxylic acid groups (broad SMARTS) is 1. The third-order valence-electron chi connectivity index (χ3n) is 4.88. The predicted molar refractivity (Wildman–Crippen MR) is 95.4 cm³/mol. The number of aromatic nitrogens is 2. The van der Waals surface area contributed by atoms with E-state index >= 15 is 0 Å². The van der Waals surface area contributed by atoms with Crippen molar-refractivity contribution in [1.29, 1.82) is 0 Å². The Morgan fingerprint density at radius 2 is 1.85 bits per heavy atom. The van der Waals surface area contributed by atoms with Crippen molar-refractivity contribution in [2.24, 2.45) is 5.92 Å². The number of amides is 1. The number of aliphatic carboxylic acids is 1. The van der Waals surface area contributed by atoms with E-state index in [-0.39, 0.29) is 12.0 Å². The van der Waals surface area contributed by atoms with Crippen LogP contribution in [0.2, 0.25) is 0 Å². The van der Waals surface area contributed by atoms with E-state index < -0.39 is 5.97 Å². The lowest BCUT2D eigenvalue weighted by molar-refractivity contribution is -0.142. The number of hydrogen-bond donors (Lipinski definition) is 1. The summed E-state index contributed by atoms with van der Waals surface area (Å²) in [6.07, 6.45) is 2.72. The molecule has 0 atom stereocenters. The van der Waals surface area contributed by atoms with Gasteiger partial charge in [-0.15, -0.1) is 0 Å². The predicted octanol–water partition coefficient (Wildman–Crippen LogP) is 1.06. The van der Waals surface area contributed by atoms with Gasteiger partial charge < -0.3 is 24.5 Å². The number of carbonyl (C=O) groups excluding carboxylic acids is 1. The van der Waals surface area contributed by atoms with Crippen LogP contribution in [-0.4, -0.2) is 77.9 Å². The molecule has 2 saturated heterocycles. The van der Waals surface area contributed by atoms with Crippen molar-refractivity contribution in [3.05, 3.63) is 12.3 Å². The van der Waals surface area contributed by atoms with Gasteiger partial charge >= 0.3 is 12.1 Å². The number of hydrogen-bond acceptors (Lipinski definition) is 7. The minimum Gasteiger partial charge on any atom is -0.481 e. The Morgan fingerprint density at radius 1 is 1.15 bits per heavy atom. The summed E-state index contributed by atoms with van der Waals surface area (Å²) in [4.78, 5) is 37.8. The molecule has 0 radical (unpaired) electrons. The van der Waals surface area contributed by atoms with Crippen molar-refractivity contribution in [3.8, 4) is 0 Å². The zero-order valence-electron chi connectivity index (χ0n) is 15.0. The maximum atomic E-state index is 11.8. The van der Waals surface area contributed by atoms with E-state index in [4.69, 9.17) is 9.84 Å². The van der Waals surface area contributed by atoms with Crippen molar-refractivity contribution >= 4 is 23.8 Å². The van der Waals surface area contributed by atoms with Crippen molar-refractivity contribution in [1.82, 2.24) is 14.9 Å². The van der Waals surface area contributed by atoms with E-state index in [2.05, 4.69) is 19.8 Å². The average Bonchev–Trinajstić information content (AvgIpc) is 2.68. The van der Waals surface area contributed by atoms with Gasteiger partial charge in [-0.2, -0.15) is 4.98 Å². The molecular weight excluding hydrogens is 338 g/mol. The normalized spacial score (nSPS) is 18.7. The van der Waals surface area contributed by atoms with Crippen LogP contribution in [0.4, 0.5) is 16.6 Å². The molecule has 2 aliphatic heterocycles. The molecule has 142 valence electrons. The number of piperazine rings is 1. The van der Waals surface area contributed by atoms with Gasteiger partial charge in [-0.05, 0) is 25.8 Å². The van der Waals surface area contributed by atoms with Gasteiger partial charge in [0.1, 0.15) is 5.82 Å². The standard InChI is InChI=1S/C17H25N5O4/c1-2-26-17(25)22-11-9-21(10-12-22)16-18-6-3-14(19-16)20-7-4-13(5-8-20)15(23)24/h3,6,13H,2,4-5,7-12H2,1H3,(H,23,24). The fourth-order valence-electron chi connectivity index (χ4n) is 3.33. The van der Waals surface area contributed by atoms with Gasteiger partial charge in [0.25, 0.3) is 0 Å². The fraction of sp³-hybridized carbons (Fsp3) is 0.647. The SMILES string of the molecule is CCOC(=O)N1CCN(c2nccc(N3CCC(C(=O)O)CC3)n2)CC1. The maximum Gasteiger partial charge on any atom is 0.409 e. The van der Waals surface area contributed by atoms with Gasteiger partial charge in [-0.3, -0.25) is 4.79 Å². The zero-order valence-corrected chi connectivity index (χ0v) is 15.0. The van der Waals surface area contributed by atoms with Gasteiger partial charge in [0.15, 0.2) is 0 Å². The Bertz CT molecular complexity index is 640. The highest BCUT2D eigenvalue weighted by atomic mass is 16.6. The fourth-order valence-corrected chi connectivity index (χ4v) is 3.33. The first-order chi connectivity index (χ1) is 12.6. The van der Waals surface area contributed by atoms with Crippen LogP contribution in [-0.2, 0) is 9.53 Å². The number of rotatable bonds is 4. The molecule has 1 amide bonds. The quantitative estimate of drug-likeness (QED) is 0.848.